The second-order valence-electron chi connectivity index (χ2n) is 6.15. The molecular weight excluding hydrogens is 234 g/mol. The molecular formula is C17H25NO. The summed E-state index contributed by atoms with van der Waals surface area (Å²) in [6.07, 6.45) is 7.39. The Balaban J connectivity index is 1.56. The minimum atomic E-state index is 0.230. The highest BCUT2D eigenvalue weighted by Crippen LogP contribution is 2.42. The topological polar surface area (TPSA) is 21.3 Å². The highest BCUT2D eigenvalue weighted by molar-refractivity contribution is 5.26. The average Bonchev–Trinajstić information content (AvgIpc) is 3.27. The Morgan fingerprint density at radius 2 is 1.84 bits per heavy atom. The van der Waals surface area contributed by atoms with E-state index in [0.29, 0.717) is 0 Å². The Kier molecular flexibility index (Phi) is 3.90. The van der Waals surface area contributed by atoms with Crippen LogP contribution in [0.25, 0.3) is 0 Å². The number of methoxy groups -OCH3 is 1. The van der Waals surface area contributed by atoms with Crippen molar-refractivity contribution in [3.63, 3.8) is 0 Å². The number of aryl methyl sites for hydroxylation is 1. The van der Waals surface area contributed by atoms with Crippen LogP contribution < -0.4 is 5.32 Å². The minimum Gasteiger partial charge on any atom is -0.378 e. The van der Waals surface area contributed by atoms with E-state index in [4.69, 9.17) is 4.74 Å². The number of piperidine rings is 1. The first-order valence-corrected chi connectivity index (χ1v) is 7.66. The van der Waals surface area contributed by atoms with Crippen molar-refractivity contribution >= 4 is 0 Å². The van der Waals surface area contributed by atoms with Gasteiger partial charge >= 0.3 is 0 Å². The van der Waals surface area contributed by atoms with Crippen LogP contribution in [-0.2, 0) is 11.2 Å². The lowest BCUT2D eigenvalue weighted by Gasteiger charge is -2.23. The highest BCUT2D eigenvalue weighted by Gasteiger charge is 2.42. The maximum atomic E-state index is 5.58. The van der Waals surface area contributed by atoms with Gasteiger partial charge in [-0.1, -0.05) is 24.3 Å². The van der Waals surface area contributed by atoms with Gasteiger partial charge in [0.1, 0.15) is 0 Å². The molecule has 1 aromatic carbocycles. The van der Waals surface area contributed by atoms with E-state index >= 15 is 0 Å². The van der Waals surface area contributed by atoms with Gasteiger partial charge in [0.15, 0.2) is 0 Å². The summed E-state index contributed by atoms with van der Waals surface area (Å²) in [6, 6.07) is 9.33. The molecule has 0 unspecified atom stereocenters. The molecule has 2 fully saturated rings. The second-order valence-corrected chi connectivity index (χ2v) is 6.15. The number of rotatable bonds is 5. The van der Waals surface area contributed by atoms with E-state index < -0.39 is 0 Å². The van der Waals surface area contributed by atoms with E-state index in [1.807, 2.05) is 7.11 Å². The molecule has 1 aromatic rings. The fraction of sp³-hybridized carbons (Fsp3) is 0.647. The quantitative estimate of drug-likeness (QED) is 0.876. The van der Waals surface area contributed by atoms with Gasteiger partial charge in [0, 0.05) is 7.11 Å². The van der Waals surface area contributed by atoms with Gasteiger partial charge < -0.3 is 10.1 Å². The van der Waals surface area contributed by atoms with Crippen LogP contribution in [0.1, 0.15) is 49.1 Å². The average molecular weight is 259 g/mol. The molecule has 2 nitrogen and oxygen atoms in total. The SMILES string of the molecule is COC1(CCc2ccc(C3CCNCC3)cc2)CC1. The summed E-state index contributed by atoms with van der Waals surface area (Å²) in [7, 11) is 1.85. The standard InChI is InChI=1S/C17H25NO/c1-19-17(10-11-17)9-6-14-2-4-15(5-3-14)16-7-12-18-13-8-16/h2-5,16,18H,6-13H2,1H3. The molecule has 2 aliphatic rings. The third-order valence-electron chi connectivity index (χ3n) is 4.90. The summed E-state index contributed by atoms with van der Waals surface area (Å²) in [4.78, 5) is 0. The number of hydrogen-bond acceptors (Lipinski definition) is 2. The number of hydrogen-bond donors (Lipinski definition) is 1. The van der Waals surface area contributed by atoms with Gasteiger partial charge in [-0.3, -0.25) is 0 Å². The maximum absolute atomic E-state index is 5.58. The Morgan fingerprint density at radius 1 is 1.16 bits per heavy atom. The molecule has 0 bridgehead atoms. The van der Waals surface area contributed by atoms with Gasteiger partial charge in [-0.15, -0.1) is 0 Å². The molecule has 1 N–H and O–H groups in total. The second kappa shape index (κ2) is 5.64. The van der Waals surface area contributed by atoms with Crippen molar-refractivity contribution in [3.05, 3.63) is 35.4 Å². The predicted molar refractivity (Wildman–Crippen MR) is 78.6 cm³/mol. The molecule has 0 radical (unpaired) electrons. The zero-order valence-corrected chi connectivity index (χ0v) is 12.0. The maximum Gasteiger partial charge on any atom is 0.0684 e. The molecule has 1 saturated heterocycles. The van der Waals surface area contributed by atoms with Crippen LogP contribution in [-0.4, -0.2) is 25.8 Å². The third kappa shape index (κ3) is 3.18. The normalized spacial score (nSPS) is 22.4. The van der Waals surface area contributed by atoms with Gasteiger partial charge in [-0.2, -0.15) is 0 Å². The molecule has 2 heteroatoms. The van der Waals surface area contributed by atoms with E-state index in [-0.39, 0.29) is 5.60 Å². The smallest absolute Gasteiger partial charge is 0.0684 e. The summed E-state index contributed by atoms with van der Waals surface area (Å²) < 4.78 is 5.58. The monoisotopic (exact) mass is 259 g/mol. The molecule has 0 atom stereocenters. The van der Waals surface area contributed by atoms with Gasteiger partial charge in [0.05, 0.1) is 5.60 Å². The van der Waals surface area contributed by atoms with Crippen LogP contribution in [0.3, 0.4) is 0 Å². The summed E-state index contributed by atoms with van der Waals surface area (Å²) in [6.45, 7) is 2.34. The van der Waals surface area contributed by atoms with Gasteiger partial charge in [0.2, 0.25) is 0 Å². The van der Waals surface area contributed by atoms with Crippen molar-refractivity contribution in [1.82, 2.24) is 5.32 Å². The largest absolute Gasteiger partial charge is 0.378 e. The minimum absolute atomic E-state index is 0.230. The van der Waals surface area contributed by atoms with E-state index in [1.165, 1.54) is 56.3 Å². The molecule has 0 spiro atoms. The number of nitrogens with one attached hydrogen (secondary N) is 1. The van der Waals surface area contributed by atoms with E-state index in [9.17, 15) is 0 Å². The summed E-state index contributed by atoms with van der Waals surface area (Å²) in [5, 5.41) is 3.43. The van der Waals surface area contributed by atoms with E-state index in [0.717, 1.165) is 12.3 Å². The molecule has 0 amide bonds. The van der Waals surface area contributed by atoms with E-state index in [2.05, 4.69) is 29.6 Å². The van der Waals surface area contributed by atoms with Gasteiger partial charge in [-0.05, 0) is 68.7 Å². The molecule has 3 rings (SSSR count). The fourth-order valence-corrected chi connectivity index (χ4v) is 3.18. The van der Waals surface area contributed by atoms with Crippen LogP contribution in [0.4, 0.5) is 0 Å². The zero-order valence-electron chi connectivity index (χ0n) is 12.0. The molecule has 1 aliphatic carbocycles. The Labute approximate surface area is 116 Å². The summed E-state index contributed by atoms with van der Waals surface area (Å²) in [5.74, 6) is 0.768. The first kappa shape index (κ1) is 13.1. The van der Waals surface area contributed by atoms with Gasteiger partial charge in [0.25, 0.3) is 0 Å². The fourth-order valence-electron chi connectivity index (χ4n) is 3.18. The van der Waals surface area contributed by atoms with Gasteiger partial charge in [-0.25, -0.2) is 0 Å². The first-order chi connectivity index (χ1) is 9.31. The summed E-state index contributed by atoms with van der Waals surface area (Å²) in [5.41, 5.74) is 3.22. The van der Waals surface area contributed by atoms with Crippen LogP contribution >= 0.6 is 0 Å². The molecule has 19 heavy (non-hydrogen) atoms. The van der Waals surface area contributed by atoms with Crippen molar-refractivity contribution in [1.29, 1.82) is 0 Å². The Bertz CT molecular complexity index is 402. The van der Waals surface area contributed by atoms with Crippen LogP contribution in [0.2, 0.25) is 0 Å². The molecule has 1 aliphatic heterocycles. The van der Waals surface area contributed by atoms with Crippen molar-refractivity contribution in [3.8, 4) is 0 Å². The molecule has 1 saturated carbocycles. The zero-order chi connectivity index (χ0) is 13.1. The summed E-state index contributed by atoms with van der Waals surface area (Å²) >= 11 is 0. The van der Waals surface area contributed by atoms with Crippen LogP contribution in [0.5, 0.6) is 0 Å². The Morgan fingerprint density at radius 3 is 2.42 bits per heavy atom. The lowest BCUT2D eigenvalue weighted by atomic mass is 9.89. The van der Waals surface area contributed by atoms with Crippen molar-refractivity contribution in [2.45, 2.75) is 50.0 Å². The number of benzene rings is 1. The predicted octanol–water partition coefficient (Wildman–Crippen LogP) is 3.27. The van der Waals surface area contributed by atoms with Crippen molar-refractivity contribution in [2.75, 3.05) is 20.2 Å². The molecule has 0 aromatic heterocycles. The van der Waals surface area contributed by atoms with Crippen molar-refractivity contribution in [2.24, 2.45) is 0 Å². The molecule has 104 valence electrons. The third-order valence-corrected chi connectivity index (χ3v) is 4.90. The lowest BCUT2D eigenvalue weighted by Crippen LogP contribution is -2.26. The Hall–Kier alpha value is -0.860. The molecule has 1 heterocycles. The van der Waals surface area contributed by atoms with Crippen molar-refractivity contribution < 1.29 is 4.74 Å². The highest BCUT2D eigenvalue weighted by atomic mass is 16.5. The van der Waals surface area contributed by atoms with Crippen LogP contribution in [0, 0.1) is 0 Å². The first-order valence-electron chi connectivity index (χ1n) is 7.66. The number of ether oxygens (including phenoxy) is 1. The van der Waals surface area contributed by atoms with E-state index in [1.54, 1.807) is 0 Å². The lowest BCUT2D eigenvalue weighted by molar-refractivity contribution is 0.0731. The van der Waals surface area contributed by atoms with Crippen LogP contribution in [0.15, 0.2) is 24.3 Å².